The molecule has 2 rings (SSSR count). The minimum atomic E-state index is -0.715. The fourth-order valence-corrected chi connectivity index (χ4v) is 1.76. The van der Waals surface area contributed by atoms with Crippen LogP contribution in [0.3, 0.4) is 0 Å². The van der Waals surface area contributed by atoms with Gasteiger partial charge in [0, 0.05) is 17.6 Å². The van der Waals surface area contributed by atoms with Crippen LogP contribution in [-0.4, -0.2) is 14.6 Å². The van der Waals surface area contributed by atoms with E-state index in [-0.39, 0.29) is 11.3 Å². The molecule has 2 aromatic heterocycles. The number of nitrogens with zero attached hydrogens (tertiary/aromatic N) is 2. The molecule has 0 aliphatic rings. The van der Waals surface area contributed by atoms with E-state index < -0.39 is 5.24 Å². The van der Waals surface area contributed by atoms with Gasteiger partial charge in [-0.15, -0.1) is 11.3 Å². The maximum absolute atomic E-state index is 11.3. The number of thiazole rings is 1. The Labute approximate surface area is 81.4 Å². The predicted octanol–water partition coefficient (Wildman–Crippen LogP) is 1.14. The Balaban J connectivity index is 2.85. The lowest BCUT2D eigenvalue weighted by Gasteiger charge is -1.93. The minimum absolute atomic E-state index is 0.00545. The lowest BCUT2D eigenvalue weighted by atomic mass is 10.4. The minimum Gasteiger partial charge on any atom is -0.274 e. The monoisotopic (exact) mass is 214 g/mol. The van der Waals surface area contributed by atoms with Crippen molar-refractivity contribution in [2.24, 2.45) is 0 Å². The van der Waals surface area contributed by atoms with Crippen LogP contribution in [0.1, 0.15) is 10.5 Å². The van der Waals surface area contributed by atoms with E-state index in [2.05, 4.69) is 4.98 Å². The van der Waals surface area contributed by atoms with Crippen molar-refractivity contribution >= 4 is 33.1 Å². The van der Waals surface area contributed by atoms with E-state index in [1.54, 1.807) is 11.6 Å². The van der Waals surface area contributed by atoms with Crippen molar-refractivity contribution in [2.45, 2.75) is 0 Å². The van der Waals surface area contributed by atoms with E-state index in [0.717, 1.165) is 6.07 Å². The van der Waals surface area contributed by atoms with Gasteiger partial charge in [0.05, 0.1) is 0 Å². The average molecular weight is 215 g/mol. The molecule has 4 nitrogen and oxygen atoms in total. The highest BCUT2D eigenvalue weighted by atomic mass is 35.5. The summed E-state index contributed by atoms with van der Waals surface area (Å²) in [4.78, 5) is 26.4. The van der Waals surface area contributed by atoms with Crippen molar-refractivity contribution in [2.75, 3.05) is 0 Å². The lowest BCUT2D eigenvalue weighted by Crippen LogP contribution is -2.13. The zero-order valence-corrected chi connectivity index (χ0v) is 7.80. The van der Waals surface area contributed by atoms with Gasteiger partial charge in [-0.25, -0.2) is 4.98 Å². The van der Waals surface area contributed by atoms with Crippen molar-refractivity contribution in [3.63, 3.8) is 0 Å². The number of fused-ring (bicyclic) bond motifs is 1. The second-order valence-corrected chi connectivity index (χ2v) is 3.53. The summed E-state index contributed by atoms with van der Waals surface area (Å²) in [5.74, 6) is 0. The maximum atomic E-state index is 11.3. The highest BCUT2D eigenvalue weighted by molar-refractivity contribution is 7.15. The number of hydrogen-bond acceptors (Lipinski definition) is 4. The average Bonchev–Trinajstić information content (AvgIpc) is 2.51. The molecule has 0 aliphatic carbocycles. The Bertz CT molecular complexity index is 531. The Hall–Kier alpha value is -1.20. The fourth-order valence-electron chi connectivity index (χ4n) is 0.943. The van der Waals surface area contributed by atoms with Gasteiger partial charge in [-0.2, -0.15) is 0 Å². The van der Waals surface area contributed by atoms with E-state index in [1.807, 2.05) is 0 Å². The molecule has 0 aliphatic heterocycles. The molecule has 13 heavy (non-hydrogen) atoms. The van der Waals surface area contributed by atoms with Crippen molar-refractivity contribution in [1.29, 1.82) is 0 Å². The van der Waals surface area contributed by atoms with Crippen LogP contribution < -0.4 is 5.56 Å². The number of carbonyl (C=O) groups is 1. The Morgan fingerprint density at radius 2 is 2.38 bits per heavy atom. The summed E-state index contributed by atoms with van der Waals surface area (Å²) in [6.07, 6.45) is 1.60. The van der Waals surface area contributed by atoms with Crippen LogP contribution in [-0.2, 0) is 0 Å². The van der Waals surface area contributed by atoms with E-state index in [9.17, 15) is 9.59 Å². The molecule has 0 aromatic carbocycles. The molecule has 0 bridgehead atoms. The summed E-state index contributed by atoms with van der Waals surface area (Å²) in [6, 6.07) is 1.12. The predicted molar refractivity (Wildman–Crippen MR) is 49.5 cm³/mol. The van der Waals surface area contributed by atoms with Gasteiger partial charge >= 0.3 is 0 Å². The number of hydrogen-bond donors (Lipinski definition) is 0. The van der Waals surface area contributed by atoms with E-state index in [0.29, 0.717) is 4.96 Å². The van der Waals surface area contributed by atoms with Gasteiger partial charge in [-0.05, 0) is 11.6 Å². The first-order valence-electron chi connectivity index (χ1n) is 3.35. The first-order chi connectivity index (χ1) is 6.18. The largest absolute Gasteiger partial charge is 0.274 e. The van der Waals surface area contributed by atoms with E-state index >= 15 is 0 Å². The van der Waals surface area contributed by atoms with Crippen LogP contribution in [0.2, 0.25) is 0 Å². The van der Waals surface area contributed by atoms with Crippen molar-refractivity contribution in [3.05, 3.63) is 33.7 Å². The number of aromatic nitrogens is 2. The molecule has 0 spiro atoms. The second kappa shape index (κ2) is 2.93. The third-order valence-corrected chi connectivity index (χ3v) is 2.45. The topological polar surface area (TPSA) is 51.4 Å². The molecule has 0 amide bonds. The van der Waals surface area contributed by atoms with Gasteiger partial charge in [-0.3, -0.25) is 14.0 Å². The molecule has 0 fully saturated rings. The second-order valence-electron chi connectivity index (χ2n) is 2.31. The third-order valence-electron chi connectivity index (χ3n) is 1.50. The summed E-state index contributed by atoms with van der Waals surface area (Å²) in [7, 11) is 0. The molecule has 66 valence electrons. The molecule has 0 atom stereocenters. The molecule has 0 N–H and O–H groups in total. The maximum Gasteiger partial charge on any atom is 0.271 e. The molecule has 6 heteroatoms. The van der Waals surface area contributed by atoms with Gasteiger partial charge in [0.2, 0.25) is 0 Å². The summed E-state index contributed by atoms with van der Waals surface area (Å²) in [6.45, 7) is 0. The van der Waals surface area contributed by atoms with Crippen molar-refractivity contribution in [1.82, 2.24) is 9.38 Å². The number of carbonyl (C=O) groups excluding carboxylic acids is 1. The zero-order chi connectivity index (χ0) is 9.42. The van der Waals surface area contributed by atoms with Crippen LogP contribution in [0.4, 0.5) is 0 Å². The lowest BCUT2D eigenvalue weighted by molar-refractivity contribution is 0.107. The first-order valence-corrected chi connectivity index (χ1v) is 4.61. The highest BCUT2D eigenvalue weighted by Gasteiger charge is 2.07. The van der Waals surface area contributed by atoms with Gasteiger partial charge in [0.25, 0.3) is 10.8 Å². The summed E-state index contributed by atoms with van der Waals surface area (Å²) < 4.78 is 1.36. The van der Waals surface area contributed by atoms with Crippen LogP contribution >= 0.6 is 22.9 Å². The Kier molecular flexibility index (Phi) is 1.90. The fraction of sp³-hybridized carbons (Fsp3) is 0. The molecular formula is C7H3ClN2O2S. The smallest absolute Gasteiger partial charge is 0.271 e. The van der Waals surface area contributed by atoms with E-state index in [1.165, 1.54) is 15.7 Å². The number of halogens is 1. The Morgan fingerprint density at radius 1 is 1.62 bits per heavy atom. The molecule has 2 heterocycles. The standard InChI is InChI=1S/C7H3ClN2O2S/c8-6(12)4-3-5(11)10-1-2-13-7(10)9-4/h1-3H. The van der Waals surface area contributed by atoms with Crippen molar-refractivity contribution < 1.29 is 4.79 Å². The summed E-state index contributed by atoms with van der Waals surface area (Å²) in [5, 5.41) is 1.000. The van der Waals surface area contributed by atoms with Crippen LogP contribution in [0.5, 0.6) is 0 Å². The van der Waals surface area contributed by atoms with Gasteiger partial charge in [-0.1, -0.05) is 0 Å². The molecule has 0 saturated heterocycles. The Morgan fingerprint density at radius 3 is 3.08 bits per heavy atom. The number of rotatable bonds is 1. The SMILES string of the molecule is O=C(Cl)c1cc(=O)n2ccsc2n1. The molecular weight excluding hydrogens is 212 g/mol. The quantitative estimate of drug-likeness (QED) is 0.669. The van der Waals surface area contributed by atoms with Crippen molar-refractivity contribution in [3.8, 4) is 0 Å². The zero-order valence-electron chi connectivity index (χ0n) is 6.23. The van der Waals surface area contributed by atoms with Crippen LogP contribution in [0.15, 0.2) is 22.4 Å². The third kappa shape index (κ3) is 1.36. The summed E-state index contributed by atoms with van der Waals surface area (Å²) in [5.41, 5.74) is -0.302. The van der Waals surface area contributed by atoms with E-state index in [4.69, 9.17) is 11.6 Å². The van der Waals surface area contributed by atoms with Gasteiger partial charge in [0.1, 0.15) is 5.69 Å². The highest BCUT2D eigenvalue weighted by Crippen LogP contribution is 2.07. The normalized spacial score (nSPS) is 10.5. The first kappa shape index (κ1) is 8.40. The van der Waals surface area contributed by atoms with Crippen LogP contribution in [0, 0.1) is 0 Å². The van der Waals surface area contributed by atoms with Gasteiger partial charge < -0.3 is 0 Å². The molecule has 2 aromatic rings. The van der Waals surface area contributed by atoms with Crippen LogP contribution in [0.25, 0.3) is 4.96 Å². The van der Waals surface area contributed by atoms with Gasteiger partial charge in [0.15, 0.2) is 4.96 Å². The molecule has 0 unspecified atom stereocenters. The molecule has 0 saturated carbocycles. The summed E-state index contributed by atoms with van der Waals surface area (Å²) >= 11 is 6.47. The molecule has 0 radical (unpaired) electrons.